The molecule has 106 valence electrons. The topological polar surface area (TPSA) is 40.5 Å². The first-order valence-corrected chi connectivity index (χ1v) is 7.32. The Bertz CT molecular complexity index is 243. The molecule has 0 amide bonds. The summed E-state index contributed by atoms with van der Waals surface area (Å²) in [4.78, 5) is 0. The average Bonchev–Trinajstić information content (AvgIpc) is 2.27. The van der Waals surface area contributed by atoms with E-state index in [1.165, 1.54) is 0 Å². The molecule has 0 fully saturated rings. The molecule has 2 atom stereocenters. The Labute approximate surface area is 113 Å². The molecule has 0 radical (unpaired) electrons. The third kappa shape index (κ3) is 9.50. The second-order valence-corrected chi connectivity index (χ2v) is 5.71. The highest BCUT2D eigenvalue weighted by Crippen LogP contribution is 2.17. The van der Waals surface area contributed by atoms with Gasteiger partial charge in [-0.1, -0.05) is 51.4 Å². The summed E-state index contributed by atoms with van der Waals surface area (Å²) >= 11 is 0. The molecule has 0 aromatic rings. The van der Waals surface area contributed by atoms with Crippen molar-refractivity contribution < 1.29 is 10.2 Å². The van der Waals surface area contributed by atoms with Crippen molar-refractivity contribution in [3.63, 3.8) is 0 Å². The van der Waals surface area contributed by atoms with Crippen molar-refractivity contribution in [3.05, 3.63) is 0 Å². The lowest BCUT2D eigenvalue weighted by atomic mass is 9.94. The van der Waals surface area contributed by atoms with Crippen LogP contribution in [0, 0.1) is 11.8 Å². The fourth-order valence-corrected chi connectivity index (χ4v) is 1.83. The van der Waals surface area contributed by atoms with E-state index in [0.717, 1.165) is 38.5 Å². The normalized spacial score (nSPS) is 17.4. The summed E-state index contributed by atoms with van der Waals surface area (Å²) in [5.41, 5.74) is -1.94. The Morgan fingerprint density at radius 2 is 1.06 bits per heavy atom. The molecule has 0 aliphatic heterocycles. The molecule has 18 heavy (non-hydrogen) atoms. The Kier molecular flexibility index (Phi) is 8.31. The first kappa shape index (κ1) is 17.5. The van der Waals surface area contributed by atoms with Gasteiger partial charge in [0, 0.05) is 0 Å². The summed E-state index contributed by atoms with van der Waals surface area (Å²) in [6.07, 6.45) is 7.83. The smallest absolute Gasteiger partial charge is 0.122 e. The highest BCUT2D eigenvalue weighted by molar-refractivity contribution is 5.19. The van der Waals surface area contributed by atoms with E-state index in [4.69, 9.17) is 0 Å². The minimum atomic E-state index is -0.968. The molecule has 0 spiro atoms. The van der Waals surface area contributed by atoms with Gasteiger partial charge in [-0.05, 0) is 39.5 Å². The molecule has 2 nitrogen and oxygen atoms in total. The second kappa shape index (κ2) is 8.56. The van der Waals surface area contributed by atoms with Crippen LogP contribution in [0.2, 0.25) is 0 Å². The van der Waals surface area contributed by atoms with Gasteiger partial charge >= 0.3 is 0 Å². The number of unbranched alkanes of at least 4 members (excludes halogenated alkanes) is 4. The standard InChI is InChI=1S/C16H30O2/c1-5-7-9-11-15(3,17)13-14-16(4,18)12-10-8-6-2/h17-18H,5-12H2,1-4H3. The average molecular weight is 254 g/mol. The van der Waals surface area contributed by atoms with Gasteiger partial charge in [0.1, 0.15) is 11.2 Å². The molecular weight excluding hydrogens is 224 g/mol. The zero-order valence-corrected chi connectivity index (χ0v) is 12.6. The third-order valence-corrected chi connectivity index (χ3v) is 3.14. The van der Waals surface area contributed by atoms with Crippen LogP contribution < -0.4 is 0 Å². The van der Waals surface area contributed by atoms with Crippen LogP contribution in [0.3, 0.4) is 0 Å². The number of hydrogen-bond acceptors (Lipinski definition) is 2. The van der Waals surface area contributed by atoms with Crippen molar-refractivity contribution in [2.45, 2.75) is 90.3 Å². The molecule has 0 rings (SSSR count). The Morgan fingerprint density at radius 3 is 1.33 bits per heavy atom. The van der Waals surface area contributed by atoms with Crippen LogP contribution in [0.1, 0.15) is 79.1 Å². The summed E-state index contributed by atoms with van der Waals surface area (Å²) in [5, 5.41) is 20.2. The molecule has 0 saturated heterocycles. The number of rotatable bonds is 8. The maximum Gasteiger partial charge on any atom is 0.122 e. The Hall–Kier alpha value is -0.520. The molecule has 0 heterocycles. The van der Waals surface area contributed by atoms with Crippen LogP contribution in [0.15, 0.2) is 0 Å². The van der Waals surface area contributed by atoms with Crippen LogP contribution >= 0.6 is 0 Å². The van der Waals surface area contributed by atoms with E-state index in [1.807, 2.05) is 0 Å². The Morgan fingerprint density at radius 1 is 0.722 bits per heavy atom. The SMILES string of the molecule is CCCCCC(C)(O)C#CC(C)(O)CCCCC. The third-order valence-electron chi connectivity index (χ3n) is 3.14. The molecule has 0 aromatic carbocycles. The number of aliphatic hydroxyl groups is 2. The summed E-state index contributed by atoms with van der Waals surface area (Å²) in [5.74, 6) is 5.68. The fraction of sp³-hybridized carbons (Fsp3) is 0.875. The predicted octanol–water partition coefficient (Wildman–Crippen LogP) is 3.65. The van der Waals surface area contributed by atoms with E-state index in [1.54, 1.807) is 13.8 Å². The fourth-order valence-electron chi connectivity index (χ4n) is 1.83. The van der Waals surface area contributed by atoms with Gasteiger partial charge in [-0.2, -0.15) is 0 Å². The molecule has 2 unspecified atom stereocenters. The van der Waals surface area contributed by atoms with E-state index >= 15 is 0 Å². The highest BCUT2D eigenvalue weighted by atomic mass is 16.3. The first-order valence-electron chi connectivity index (χ1n) is 7.32. The minimum absolute atomic E-state index is 0.679. The van der Waals surface area contributed by atoms with Crippen molar-refractivity contribution in [3.8, 4) is 11.8 Å². The van der Waals surface area contributed by atoms with Crippen molar-refractivity contribution in [1.29, 1.82) is 0 Å². The molecule has 0 aliphatic rings. The maximum absolute atomic E-state index is 10.1. The molecule has 2 heteroatoms. The Balaban J connectivity index is 4.24. The zero-order chi connectivity index (χ0) is 14.1. The second-order valence-electron chi connectivity index (χ2n) is 5.71. The van der Waals surface area contributed by atoms with Crippen LogP contribution in [0.25, 0.3) is 0 Å². The minimum Gasteiger partial charge on any atom is -0.378 e. The van der Waals surface area contributed by atoms with E-state index in [2.05, 4.69) is 25.7 Å². The van der Waals surface area contributed by atoms with E-state index in [9.17, 15) is 10.2 Å². The first-order chi connectivity index (χ1) is 8.33. The van der Waals surface area contributed by atoms with Crippen molar-refractivity contribution in [2.24, 2.45) is 0 Å². The molecule has 0 aromatic heterocycles. The predicted molar refractivity (Wildman–Crippen MR) is 77.3 cm³/mol. The number of hydrogen-bond donors (Lipinski definition) is 2. The quantitative estimate of drug-likeness (QED) is 0.513. The lowest BCUT2D eigenvalue weighted by molar-refractivity contribution is 0.0970. The van der Waals surface area contributed by atoms with Gasteiger partial charge in [0.25, 0.3) is 0 Å². The molecule has 2 N–H and O–H groups in total. The van der Waals surface area contributed by atoms with Gasteiger partial charge in [0.15, 0.2) is 0 Å². The van der Waals surface area contributed by atoms with Crippen molar-refractivity contribution in [1.82, 2.24) is 0 Å². The van der Waals surface area contributed by atoms with Gasteiger partial charge in [-0.15, -0.1) is 0 Å². The molecule has 0 aliphatic carbocycles. The summed E-state index contributed by atoms with van der Waals surface area (Å²) in [6, 6.07) is 0. The largest absolute Gasteiger partial charge is 0.378 e. The van der Waals surface area contributed by atoms with Crippen LogP contribution in [0.4, 0.5) is 0 Å². The van der Waals surface area contributed by atoms with Gasteiger partial charge in [-0.3, -0.25) is 0 Å². The van der Waals surface area contributed by atoms with Crippen LogP contribution in [-0.4, -0.2) is 21.4 Å². The van der Waals surface area contributed by atoms with E-state index in [-0.39, 0.29) is 0 Å². The summed E-state index contributed by atoms with van der Waals surface area (Å²) in [6.45, 7) is 7.74. The van der Waals surface area contributed by atoms with Crippen LogP contribution in [-0.2, 0) is 0 Å². The van der Waals surface area contributed by atoms with Crippen molar-refractivity contribution in [2.75, 3.05) is 0 Å². The molecular formula is C16H30O2. The lowest BCUT2D eigenvalue weighted by Gasteiger charge is -2.19. The molecule has 0 bridgehead atoms. The summed E-state index contributed by atoms with van der Waals surface area (Å²) in [7, 11) is 0. The monoisotopic (exact) mass is 254 g/mol. The lowest BCUT2D eigenvalue weighted by Crippen LogP contribution is -2.26. The zero-order valence-electron chi connectivity index (χ0n) is 12.6. The highest BCUT2D eigenvalue weighted by Gasteiger charge is 2.20. The van der Waals surface area contributed by atoms with Crippen molar-refractivity contribution >= 4 is 0 Å². The van der Waals surface area contributed by atoms with Crippen LogP contribution in [0.5, 0.6) is 0 Å². The van der Waals surface area contributed by atoms with Gasteiger partial charge < -0.3 is 10.2 Å². The van der Waals surface area contributed by atoms with Gasteiger partial charge in [0.05, 0.1) is 0 Å². The van der Waals surface area contributed by atoms with Gasteiger partial charge in [0.2, 0.25) is 0 Å². The summed E-state index contributed by atoms with van der Waals surface area (Å²) < 4.78 is 0. The van der Waals surface area contributed by atoms with Gasteiger partial charge in [-0.25, -0.2) is 0 Å². The molecule has 0 saturated carbocycles. The maximum atomic E-state index is 10.1. The van der Waals surface area contributed by atoms with E-state index < -0.39 is 11.2 Å². The van der Waals surface area contributed by atoms with E-state index in [0.29, 0.717) is 12.8 Å².